The number of Topliss-reactive ketones (excluding diaryl/α,β-unsaturated/α-hetero) is 1. The molecule has 2 aromatic rings. The molecule has 26 heavy (non-hydrogen) atoms. The minimum atomic E-state index is -1.55. The molecular weight excluding hydrogens is 352 g/mol. The van der Waals surface area contributed by atoms with E-state index in [1.54, 1.807) is 24.3 Å². The van der Waals surface area contributed by atoms with Crippen LogP contribution in [0.5, 0.6) is 0 Å². The smallest absolute Gasteiger partial charge is 0.296 e. The third-order valence-corrected chi connectivity index (χ3v) is 4.83. The fourth-order valence-electron chi connectivity index (χ4n) is 3.42. The van der Waals surface area contributed by atoms with Crippen LogP contribution in [0.4, 0.5) is 5.69 Å². The van der Waals surface area contributed by atoms with Crippen molar-refractivity contribution in [3.8, 4) is 0 Å². The van der Waals surface area contributed by atoms with E-state index in [0.717, 1.165) is 5.56 Å². The van der Waals surface area contributed by atoms with Crippen LogP contribution in [0.3, 0.4) is 0 Å². The number of hydrogen-bond donors (Lipinski definition) is 2. The highest BCUT2D eigenvalue weighted by Gasteiger charge is 2.51. The summed E-state index contributed by atoms with van der Waals surface area (Å²) in [6.07, 6.45) is 0.716. The van der Waals surface area contributed by atoms with Crippen LogP contribution in [-0.4, -0.2) is 24.3 Å². The van der Waals surface area contributed by atoms with Crippen molar-refractivity contribution in [3.63, 3.8) is 0 Å². The van der Waals surface area contributed by atoms with Gasteiger partial charge in [-0.05, 0) is 38.0 Å². The first kappa shape index (κ1) is 18.6. The number of carbonyl (C=O) groups excluding carboxylic acids is 2. The lowest BCUT2D eigenvalue weighted by molar-refractivity contribution is -0.158. The Morgan fingerprint density at radius 3 is 2.46 bits per heavy atom. The summed E-state index contributed by atoms with van der Waals surface area (Å²) < 4.78 is 5.64. The van der Waals surface area contributed by atoms with Gasteiger partial charge in [0.15, 0.2) is 0 Å². The number of methoxy groups -OCH3 is 1. The number of para-hydroxylation sites is 1. The largest absolute Gasteiger partial charge is 0.352 e. The molecule has 0 saturated heterocycles. The third kappa shape index (κ3) is 3.26. The number of ether oxygens (including phenoxy) is 1. The Morgan fingerprint density at radius 1 is 1.12 bits per heavy atom. The highest BCUT2D eigenvalue weighted by molar-refractivity contribution is 6.44. The van der Waals surface area contributed by atoms with E-state index >= 15 is 0 Å². The van der Waals surface area contributed by atoms with Gasteiger partial charge in [0.25, 0.3) is 11.7 Å². The average Bonchev–Trinajstić information content (AvgIpc) is 2.61. The highest BCUT2D eigenvalue weighted by Crippen LogP contribution is 2.36. The fraction of sp³-hybridized carbons (Fsp3) is 0.300. The number of hydrogen-bond acceptors (Lipinski definition) is 4. The first-order valence-corrected chi connectivity index (χ1v) is 8.70. The molecule has 2 N–H and O–H groups in total. The molecule has 0 aliphatic carbocycles. The monoisotopic (exact) mass is 372 g/mol. The molecular formula is C20H21ClN2O3. The number of fused-ring (bicyclic) bond motifs is 1. The molecule has 1 amide bonds. The number of anilines is 1. The minimum absolute atomic E-state index is 0.359. The molecule has 5 nitrogen and oxygen atoms in total. The molecule has 136 valence electrons. The quantitative estimate of drug-likeness (QED) is 0.808. The zero-order chi connectivity index (χ0) is 18.9. The van der Waals surface area contributed by atoms with E-state index in [2.05, 4.69) is 10.6 Å². The van der Waals surface area contributed by atoms with E-state index < -0.39 is 23.0 Å². The van der Waals surface area contributed by atoms with Crippen molar-refractivity contribution in [2.24, 2.45) is 0 Å². The number of benzene rings is 2. The lowest BCUT2D eigenvalue weighted by Gasteiger charge is -2.45. The van der Waals surface area contributed by atoms with Crippen molar-refractivity contribution in [1.82, 2.24) is 5.32 Å². The second-order valence-electron chi connectivity index (χ2n) is 6.99. The second-order valence-corrected chi connectivity index (χ2v) is 7.40. The van der Waals surface area contributed by atoms with Crippen molar-refractivity contribution >= 4 is 29.0 Å². The Bertz CT molecular complexity index is 866. The summed E-state index contributed by atoms with van der Waals surface area (Å²) in [5.41, 5.74) is 0.0224. The lowest BCUT2D eigenvalue weighted by Crippen LogP contribution is -2.64. The van der Waals surface area contributed by atoms with Crippen LogP contribution >= 0.6 is 11.6 Å². The molecule has 0 saturated carbocycles. The summed E-state index contributed by atoms with van der Waals surface area (Å²) in [7, 11) is 1.42. The number of amides is 1. The zero-order valence-electron chi connectivity index (χ0n) is 14.9. The van der Waals surface area contributed by atoms with Crippen molar-refractivity contribution < 1.29 is 14.3 Å². The maximum Gasteiger partial charge on any atom is 0.296 e. The summed E-state index contributed by atoms with van der Waals surface area (Å²) in [5.74, 6) is -1.51. The van der Waals surface area contributed by atoms with E-state index in [1.165, 1.54) is 7.11 Å². The predicted molar refractivity (Wildman–Crippen MR) is 101 cm³/mol. The van der Waals surface area contributed by atoms with Crippen LogP contribution in [0.15, 0.2) is 48.5 Å². The van der Waals surface area contributed by atoms with Crippen LogP contribution in [0, 0.1) is 0 Å². The molecule has 6 heteroatoms. The Balaban J connectivity index is 2.00. The van der Waals surface area contributed by atoms with Gasteiger partial charge in [-0.25, -0.2) is 0 Å². The SMILES string of the molecule is COC1(C(=O)C(=O)Nc2ccccc2Cl)NC(C)(C)Cc2ccccc21. The van der Waals surface area contributed by atoms with Gasteiger partial charge in [0.1, 0.15) is 0 Å². The fourth-order valence-corrected chi connectivity index (χ4v) is 3.60. The molecule has 1 aliphatic heterocycles. The molecule has 0 bridgehead atoms. The van der Waals surface area contributed by atoms with Crippen LogP contribution < -0.4 is 10.6 Å². The summed E-state index contributed by atoms with van der Waals surface area (Å²) in [5, 5.41) is 6.17. The summed E-state index contributed by atoms with van der Waals surface area (Å²) in [4.78, 5) is 25.9. The molecule has 2 aromatic carbocycles. The number of carbonyl (C=O) groups is 2. The topological polar surface area (TPSA) is 67.4 Å². The van der Waals surface area contributed by atoms with Crippen molar-refractivity contribution in [2.75, 3.05) is 12.4 Å². The van der Waals surface area contributed by atoms with Gasteiger partial charge < -0.3 is 10.1 Å². The van der Waals surface area contributed by atoms with Crippen LogP contribution in [0.1, 0.15) is 25.0 Å². The third-order valence-electron chi connectivity index (χ3n) is 4.50. The lowest BCUT2D eigenvalue weighted by atomic mass is 9.80. The highest BCUT2D eigenvalue weighted by atomic mass is 35.5. The van der Waals surface area contributed by atoms with Gasteiger partial charge in [0.05, 0.1) is 10.7 Å². The van der Waals surface area contributed by atoms with E-state index in [-0.39, 0.29) is 0 Å². The van der Waals surface area contributed by atoms with Gasteiger partial charge in [-0.3, -0.25) is 14.9 Å². The van der Waals surface area contributed by atoms with Gasteiger partial charge in [0.2, 0.25) is 5.72 Å². The predicted octanol–water partition coefficient (Wildman–Crippen LogP) is 3.27. The number of nitrogens with one attached hydrogen (secondary N) is 2. The van der Waals surface area contributed by atoms with E-state index in [1.807, 2.05) is 38.1 Å². The first-order valence-electron chi connectivity index (χ1n) is 8.32. The van der Waals surface area contributed by atoms with Gasteiger partial charge in [-0.15, -0.1) is 0 Å². The first-order chi connectivity index (χ1) is 12.3. The molecule has 3 rings (SSSR count). The van der Waals surface area contributed by atoms with Crippen LogP contribution in [0.2, 0.25) is 5.02 Å². The number of rotatable bonds is 4. The number of halogens is 1. The standard InChI is InChI=1S/C20H21ClN2O3/c1-19(2)12-13-8-4-5-9-14(13)20(23-19,26-3)17(24)18(25)22-16-11-7-6-10-15(16)21/h4-11,23H,12H2,1-3H3,(H,22,25). The Morgan fingerprint density at radius 2 is 1.77 bits per heavy atom. The molecule has 1 atom stereocenters. The second kappa shape index (κ2) is 6.83. The van der Waals surface area contributed by atoms with Crippen LogP contribution in [0.25, 0.3) is 0 Å². The summed E-state index contributed by atoms with van der Waals surface area (Å²) >= 11 is 6.08. The molecule has 1 heterocycles. The molecule has 1 unspecified atom stereocenters. The Labute approximate surface area is 157 Å². The van der Waals surface area contributed by atoms with Gasteiger partial charge in [-0.1, -0.05) is 48.0 Å². The maximum atomic E-state index is 13.2. The maximum absolute atomic E-state index is 13.2. The van der Waals surface area contributed by atoms with Crippen molar-refractivity contribution in [3.05, 3.63) is 64.7 Å². The molecule has 1 aliphatic rings. The zero-order valence-corrected chi connectivity index (χ0v) is 15.7. The van der Waals surface area contributed by atoms with Gasteiger partial charge in [-0.2, -0.15) is 0 Å². The Kier molecular flexibility index (Phi) is 4.88. The van der Waals surface area contributed by atoms with Gasteiger partial charge >= 0.3 is 0 Å². The molecule has 0 radical (unpaired) electrons. The minimum Gasteiger partial charge on any atom is -0.352 e. The molecule has 0 spiro atoms. The van der Waals surface area contributed by atoms with Gasteiger partial charge in [0, 0.05) is 18.2 Å². The summed E-state index contributed by atoms with van der Waals surface area (Å²) in [6, 6.07) is 14.3. The number of ketones is 1. The van der Waals surface area contributed by atoms with Crippen LogP contribution in [-0.2, 0) is 26.5 Å². The normalized spacial score (nSPS) is 20.9. The van der Waals surface area contributed by atoms with E-state index in [9.17, 15) is 9.59 Å². The van der Waals surface area contributed by atoms with E-state index in [0.29, 0.717) is 22.7 Å². The van der Waals surface area contributed by atoms with Crippen molar-refractivity contribution in [1.29, 1.82) is 0 Å². The molecule has 0 fully saturated rings. The van der Waals surface area contributed by atoms with E-state index in [4.69, 9.17) is 16.3 Å². The average molecular weight is 373 g/mol. The molecule has 0 aromatic heterocycles. The Hall–Kier alpha value is -2.21. The van der Waals surface area contributed by atoms with Crippen molar-refractivity contribution in [2.45, 2.75) is 31.5 Å². The summed E-state index contributed by atoms with van der Waals surface area (Å²) in [6.45, 7) is 3.94.